The molecule has 1 saturated carbocycles. The lowest BCUT2D eigenvalue weighted by Crippen LogP contribution is -2.29. The first kappa shape index (κ1) is 11.2. The molecule has 0 saturated heterocycles. The van der Waals surface area contributed by atoms with Gasteiger partial charge in [-0.3, -0.25) is 0 Å². The molecule has 1 fully saturated rings. The maximum atomic E-state index is 10.3. The molecule has 0 bridgehead atoms. The highest BCUT2D eigenvalue weighted by atomic mass is 16.3. The molecule has 0 heterocycles. The summed E-state index contributed by atoms with van der Waals surface area (Å²) in [6, 6.07) is 6.05. The van der Waals surface area contributed by atoms with Gasteiger partial charge in [-0.1, -0.05) is 18.2 Å². The van der Waals surface area contributed by atoms with Crippen molar-refractivity contribution in [2.45, 2.75) is 44.0 Å². The van der Waals surface area contributed by atoms with Crippen molar-refractivity contribution in [3.05, 3.63) is 34.9 Å². The number of hydrogen-bond donors (Lipinski definition) is 3. The van der Waals surface area contributed by atoms with Gasteiger partial charge in [0.15, 0.2) is 0 Å². The van der Waals surface area contributed by atoms with Crippen LogP contribution in [0.2, 0.25) is 0 Å². The van der Waals surface area contributed by atoms with E-state index in [-0.39, 0.29) is 5.92 Å². The third-order valence-electron chi connectivity index (χ3n) is 4.27. The van der Waals surface area contributed by atoms with Gasteiger partial charge in [-0.05, 0) is 42.4 Å². The Labute approximate surface area is 101 Å². The van der Waals surface area contributed by atoms with Crippen LogP contribution >= 0.6 is 0 Å². The molecule has 3 N–H and O–H groups in total. The third kappa shape index (κ3) is 1.79. The Kier molecular flexibility index (Phi) is 2.69. The number of rotatable bonds is 2. The predicted molar refractivity (Wildman–Crippen MR) is 63.5 cm³/mol. The molecule has 17 heavy (non-hydrogen) atoms. The molecule has 4 atom stereocenters. The van der Waals surface area contributed by atoms with Crippen LogP contribution in [0, 0.1) is 5.92 Å². The van der Waals surface area contributed by atoms with E-state index in [9.17, 15) is 15.3 Å². The molecule has 92 valence electrons. The Balaban J connectivity index is 1.81. The van der Waals surface area contributed by atoms with Gasteiger partial charge >= 0.3 is 0 Å². The Morgan fingerprint density at radius 2 is 1.82 bits per heavy atom. The van der Waals surface area contributed by atoms with Crippen LogP contribution in [-0.2, 0) is 12.8 Å². The highest BCUT2D eigenvalue weighted by molar-refractivity contribution is 5.39. The summed E-state index contributed by atoms with van der Waals surface area (Å²) in [7, 11) is 0. The van der Waals surface area contributed by atoms with Crippen LogP contribution in [0.3, 0.4) is 0 Å². The molecule has 0 spiro atoms. The number of aryl methyl sites for hydroxylation is 2. The molecule has 0 unspecified atom stereocenters. The highest BCUT2D eigenvalue weighted by Gasteiger charge is 2.38. The fraction of sp³-hybridized carbons (Fsp3) is 0.571. The first-order valence-electron chi connectivity index (χ1n) is 6.32. The second-order valence-electron chi connectivity index (χ2n) is 5.27. The summed E-state index contributed by atoms with van der Waals surface area (Å²) >= 11 is 0. The standard InChI is InChI=1S/C14H18O3/c15-12-6-5-11(14(12)17)13(16)10-4-2-8-1-3-9(8)7-10/h2,4,7,11-17H,1,3,5-6H2/t11-,12+,13-,14-/m1/s1. The SMILES string of the molecule is O[C@@H]1[C@@H]([C@H](O)c2ccc3c(c2)CC3)CC[C@@H]1O. The van der Waals surface area contributed by atoms with Gasteiger partial charge < -0.3 is 15.3 Å². The van der Waals surface area contributed by atoms with Gasteiger partial charge in [-0.15, -0.1) is 0 Å². The summed E-state index contributed by atoms with van der Waals surface area (Å²) in [4.78, 5) is 0. The Morgan fingerprint density at radius 3 is 2.35 bits per heavy atom. The van der Waals surface area contributed by atoms with Crippen molar-refractivity contribution in [1.82, 2.24) is 0 Å². The van der Waals surface area contributed by atoms with Crippen LogP contribution in [0.5, 0.6) is 0 Å². The van der Waals surface area contributed by atoms with E-state index in [1.807, 2.05) is 12.1 Å². The molecule has 1 aromatic carbocycles. The van der Waals surface area contributed by atoms with E-state index in [1.165, 1.54) is 11.1 Å². The topological polar surface area (TPSA) is 60.7 Å². The maximum absolute atomic E-state index is 10.3. The molecule has 1 aromatic rings. The maximum Gasteiger partial charge on any atom is 0.0855 e. The average molecular weight is 234 g/mol. The Hall–Kier alpha value is -0.900. The van der Waals surface area contributed by atoms with Crippen molar-refractivity contribution >= 4 is 0 Å². The van der Waals surface area contributed by atoms with Gasteiger partial charge in [-0.25, -0.2) is 0 Å². The van der Waals surface area contributed by atoms with Crippen LogP contribution in [-0.4, -0.2) is 27.5 Å². The molecule has 0 amide bonds. The highest BCUT2D eigenvalue weighted by Crippen LogP contribution is 2.37. The molecule has 3 nitrogen and oxygen atoms in total. The van der Waals surface area contributed by atoms with Crippen molar-refractivity contribution in [2.75, 3.05) is 0 Å². The van der Waals surface area contributed by atoms with E-state index in [1.54, 1.807) is 0 Å². The molecule has 3 rings (SSSR count). The van der Waals surface area contributed by atoms with Crippen molar-refractivity contribution in [2.24, 2.45) is 5.92 Å². The average Bonchev–Trinajstić information content (AvgIpc) is 2.61. The predicted octanol–water partition coefficient (Wildman–Crippen LogP) is 0.950. The fourth-order valence-electron chi connectivity index (χ4n) is 2.98. The van der Waals surface area contributed by atoms with Crippen LogP contribution in [0.15, 0.2) is 18.2 Å². The molecular weight excluding hydrogens is 216 g/mol. The van der Waals surface area contributed by atoms with Gasteiger partial charge in [0, 0.05) is 5.92 Å². The molecule has 3 heteroatoms. The minimum Gasteiger partial charge on any atom is -0.390 e. The lowest BCUT2D eigenvalue weighted by atomic mass is 9.84. The second-order valence-corrected chi connectivity index (χ2v) is 5.27. The van der Waals surface area contributed by atoms with E-state index < -0.39 is 18.3 Å². The number of aliphatic hydroxyl groups excluding tert-OH is 3. The Bertz CT molecular complexity index is 429. The summed E-state index contributed by atoms with van der Waals surface area (Å²) in [5.74, 6) is -0.233. The van der Waals surface area contributed by atoms with Gasteiger partial charge in [0.05, 0.1) is 18.3 Å². The van der Waals surface area contributed by atoms with Crippen molar-refractivity contribution in [3.63, 3.8) is 0 Å². The lowest BCUT2D eigenvalue weighted by Gasteiger charge is -2.25. The number of fused-ring (bicyclic) bond motifs is 1. The fourth-order valence-corrected chi connectivity index (χ4v) is 2.98. The lowest BCUT2D eigenvalue weighted by molar-refractivity contribution is -0.0210. The third-order valence-corrected chi connectivity index (χ3v) is 4.27. The first-order chi connectivity index (χ1) is 8.16. The van der Waals surface area contributed by atoms with Crippen molar-refractivity contribution in [1.29, 1.82) is 0 Å². The first-order valence-corrected chi connectivity index (χ1v) is 6.32. The molecule has 0 aliphatic heterocycles. The van der Waals surface area contributed by atoms with E-state index >= 15 is 0 Å². The van der Waals surface area contributed by atoms with E-state index in [0.717, 1.165) is 18.4 Å². The zero-order valence-corrected chi connectivity index (χ0v) is 9.71. The van der Waals surface area contributed by atoms with Crippen molar-refractivity contribution < 1.29 is 15.3 Å². The van der Waals surface area contributed by atoms with Gasteiger partial charge in [-0.2, -0.15) is 0 Å². The van der Waals surface area contributed by atoms with E-state index in [4.69, 9.17) is 0 Å². The minimum atomic E-state index is -0.795. The molecule has 0 radical (unpaired) electrons. The normalized spacial score (nSPS) is 33.0. The van der Waals surface area contributed by atoms with Crippen LogP contribution in [0.4, 0.5) is 0 Å². The molecule has 0 aromatic heterocycles. The van der Waals surface area contributed by atoms with E-state index in [0.29, 0.717) is 12.8 Å². The van der Waals surface area contributed by atoms with Gasteiger partial charge in [0.1, 0.15) is 0 Å². The summed E-state index contributed by atoms with van der Waals surface area (Å²) in [6.45, 7) is 0. The minimum absolute atomic E-state index is 0.233. The van der Waals surface area contributed by atoms with Crippen molar-refractivity contribution in [3.8, 4) is 0 Å². The van der Waals surface area contributed by atoms with Crippen LogP contribution < -0.4 is 0 Å². The Morgan fingerprint density at radius 1 is 1.06 bits per heavy atom. The van der Waals surface area contributed by atoms with Crippen LogP contribution in [0.1, 0.15) is 35.6 Å². The largest absolute Gasteiger partial charge is 0.390 e. The number of benzene rings is 1. The second kappa shape index (κ2) is 4.09. The monoisotopic (exact) mass is 234 g/mol. The number of hydrogen-bond acceptors (Lipinski definition) is 3. The summed E-state index contributed by atoms with van der Waals surface area (Å²) in [5, 5.41) is 29.6. The number of aliphatic hydroxyl groups is 3. The molecular formula is C14H18O3. The zero-order valence-electron chi connectivity index (χ0n) is 9.71. The molecule has 2 aliphatic carbocycles. The van der Waals surface area contributed by atoms with Crippen LogP contribution in [0.25, 0.3) is 0 Å². The summed E-state index contributed by atoms with van der Waals surface area (Å²) in [5.41, 5.74) is 3.56. The quantitative estimate of drug-likeness (QED) is 0.714. The smallest absolute Gasteiger partial charge is 0.0855 e. The van der Waals surface area contributed by atoms with Gasteiger partial charge in [0.2, 0.25) is 0 Å². The summed E-state index contributed by atoms with van der Waals surface area (Å²) in [6.07, 6.45) is 1.35. The van der Waals surface area contributed by atoms with Gasteiger partial charge in [0.25, 0.3) is 0 Å². The summed E-state index contributed by atoms with van der Waals surface area (Å²) < 4.78 is 0. The zero-order chi connectivity index (χ0) is 12.0. The van der Waals surface area contributed by atoms with E-state index in [2.05, 4.69) is 6.07 Å². The molecule has 2 aliphatic rings.